The van der Waals surface area contributed by atoms with Crippen molar-refractivity contribution < 1.29 is 19.5 Å². The number of benzene rings is 1. The number of carbonyl (C=O) groups is 3. The summed E-state index contributed by atoms with van der Waals surface area (Å²) >= 11 is 1.67. The van der Waals surface area contributed by atoms with Crippen molar-refractivity contribution in [2.75, 3.05) is 33.3 Å². The zero-order chi connectivity index (χ0) is 28.6. The van der Waals surface area contributed by atoms with Crippen molar-refractivity contribution in [2.24, 2.45) is 17.8 Å². The first-order chi connectivity index (χ1) is 19.3. The topological polar surface area (TPSA) is 112 Å². The van der Waals surface area contributed by atoms with E-state index in [0.29, 0.717) is 25.9 Å². The average molecular weight is 567 g/mol. The number of likely N-dealkylation sites (tertiary alicyclic amines) is 1. The fourth-order valence-corrected chi connectivity index (χ4v) is 9.39. The number of aliphatic hydroxyl groups excluding tert-OH is 1. The molecule has 1 N–H and O–H groups in total. The highest BCUT2D eigenvalue weighted by Gasteiger charge is 2.76. The van der Waals surface area contributed by atoms with Crippen LogP contribution in [0.3, 0.4) is 0 Å². The number of aliphatic hydroxyl groups is 1. The van der Waals surface area contributed by atoms with E-state index in [9.17, 15) is 19.5 Å². The van der Waals surface area contributed by atoms with Crippen molar-refractivity contribution in [3.05, 3.63) is 49.6 Å². The molecule has 3 fully saturated rings. The van der Waals surface area contributed by atoms with Crippen LogP contribution in [-0.4, -0.2) is 102 Å². The number of likely N-dealkylation sites (N-methyl/N-ethyl adjacent to an activating group) is 1. The van der Waals surface area contributed by atoms with Gasteiger partial charge in [-0.15, -0.1) is 30.0 Å². The highest BCUT2D eigenvalue weighted by Crippen LogP contribution is 2.68. The van der Waals surface area contributed by atoms with Crippen molar-refractivity contribution in [3.63, 3.8) is 0 Å². The van der Waals surface area contributed by atoms with Crippen molar-refractivity contribution in [2.45, 2.75) is 48.9 Å². The lowest BCUT2D eigenvalue weighted by Gasteiger charge is -2.40. The Hall–Kier alpha value is -3.18. The lowest BCUT2D eigenvalue weighted by Crippen LogP contribution is -2.57. The third kappa shape index (κ3) is 4.43. The number of carbonyl (C=O) groups excluding carboxylic acids is 3. The molecule has 3 saturated heterocycles. The number of fused-ring (bicyclic) bond motifs is 2. The molecule has 1 aromatic carbocycles. The van der Waals surface area contributed by atoms with Gasteiger partial charge < -0.3 is 19.8 Å². The zero-order valence-corrected chi connectivity index (χ0v) is 24.0. The highest BCUT2D eigenvalue weighted by atomic mass is 32.2. The minimum Gasteiger partial charge on any atom is -0.396 e. The van der Waals surface area contributed by atoms with Gasteiger partial charge >= 0.3 is 0 Å². The van der Waals surface area contributed by atoms with Crippen LogP contribution in [0.4, 0.5) is 0 Å². The number of thioether (sulfide) groups is 1. The minimum absolute atomic E-state index is 0.0118. The van der Waals surface area contributed by atoms with Gasteiger partial charge in [-0.2, -0.15) is 0 Å². The number of nitrogens with zero attached hydrogens (tertiary/aromatic N) is 6. The van der Waals surface area contributed by atoms with Gasteiger partial charge in [-0.05, 0) is 37.3 Å². The molecular formula is C29H38N6O4S. The molecule has 3 unspecified atom stereocenters. The maximum absolute atomic E-state index is 14.6. The summed E-state index contributed by atoms with van der Waals surface area (Å²) in [6.45, 7) is 11.0. The Kier molecular flexibility index (Phi) is 8.05. The molecule has 1 spiro atoms. The van der Waals surface area contributed by atoms with Gasteiger partial charge in [0.2, 0.25) is 17.7 Å². The molecule has 0 saturated carbocycles. The maximum Gasteiger partial charge on any atom is 0.248 e. The normalized spacial score (nSPS) is 28.6. The molecule has 0 aliphatic carbocycles. The van der Waals surface area contributed by atoms with Crippen LogP contribution in [0, 0.1) is 17.8 Å². The van der Waals surface area contributed by atoms with E-state index in [4.69, 9.17) is 0 Å². The number of unbranched alkanes of at least 4 members (excludes halogenated alkanes) is 1. The van der Waals surface area contributed by atoms with E-state index in [1.165, 1.54) is 0 Å². The molecule has 6 atom stereocenters. The largest absolute Gasteiger partial charge is 0.396 e. The van der Waals surface area contributed by atoms with E-state index >= 15 is 0 Å². The third-order valence-electron chi connectivity index (χ3n) is 8.74. The lowest BCUT2D eigenvalue weighted by molar-refractivity contribution is -0.144. The Morgan fingerprint density at radius 2 is 1.95 bits per heavy atom. The molecule has 4 heterocycles. The summed E-state index contributed by atoms with van der Waals surface area (Å²) in [6.07, 6.45) is 5.23. The average Bonchev–Trinajstić information content (AvgIpc) is 3.66. The van der Waals surface area contributed by atoms with Gasteiger partial charge in [0.15, 0.2) is 0 Å². The Labute approximate surface area is 239 Å². The van der Waals surface area contributed by atoms with Gasteiger partial charge in [0.25, 0.3) is 0 Å². The van der Waals surface area contributed by atoms with E-state index in [1.54, 1.807) is 50.3 Å². The smallest absolute Gasteiger partial charge is 0.248 e. The van der Waals surface area contributed by atoms with E-state index in [2.05, 4.69) is 30.4 Å². The van der Waals surface area contributed by atoms with Crippen molar-refractivity contribution in [1.29, 1.82) is 0 Å². The monoisotopic (exact) mass is 566 g/mol. The quantitative estimate of drug-likeness (QED) is 0.310. The molecule has 0 radical (unpaired) electrons. The molecule has 10 nitrogen and oxygen atoms in total. The van der Waals surface area contributed by atoms with Crippen LogP contribution in [-0.2, 0) is 21.1 Å². The predicted octanol–water partition coefficient (Wildman–Crippen LogP) is 2.16. The van der Waals surface area contributed by atoms with Crippen molar-refractivity contribution >= 4 is 40.5 Å². The third-order valence-corrected chi connectivity index (χ3v) is 10.8. The van der Waals surface area contributed by atoms with E-state index < -0.39 is 22.6 Å². The van der Waals surface area contributed by atoms with Crippen LogP contribution in [0.15, 0.2) is 49.6 Å². The highest BCUT2D eigenvalue weighted by molar-refractivity contribution is 8.02. The summed E-state index contributed by atoms with van der Waals surface area (Å²) < 4.78 is 0.981. The summed E-state index contributed by atoms with van der Waals surface area (Å²) in [6, 6.07) is 6.84. The molecule has 3 aliphatic heterocycles. The SMILES string of the molecule is C=CCN(C)C(=O)[C@@H]1[C@H]2C(=O)N(CCCCO)C(C(=O)N(CC=C)Cn3nnc4ccccc43)C23S[C@@H]1CC3C. The second-order valence-electron chi connectivity index (χ2n) is 11.1. The van der Waals surface area contributed by atoms with Crippen LogP contribution in [0.1, 0.15) is 26.2 Å². The molecule has 1 aromatic heterocycles. The molecule has 3 amide bonds. The first-order valence-corrected chi connectivity index (χ1v) is 14.8. The number of hydrogen-bond donors (Lipinski definition) is 1. The number of para-hydroxylation sites is 1. The van der Waals surface area contributed by atoms with Crippen LogP contribution >= 0.6 is 11.8 Å². The molecule has 5 rings (SSSR count). The summed E-state index contributed by atoms with van der Waals surface area (Å²) in [5.41, 5.74) is 1.54. The number of hydrogen-bond acceptors (Lipinski definition) is 7. The van der Waals surface area contributed by atoms with Gasteiger partial charge in [-0.1, -0.05) is 36.4 Å². The fourth-order valence-electron chi connectivity index (χ4n) is 6.98. The maximum atomic E-state index is 14.6. The van der Waals surface area contributed by atoms with Gasteiger partial charge in [-0.3, -0.25) is 14.4 Å². The van der Waals surface area contributed by atoms with E-state index in [1.807, 2.05) is 24.3 Å². The van der Waals surface area contributed by atoms with Gasteiger partial charge in [0.1, 0.15) is 18.2 Å². The Bertz CT molecular complexity index is 1310. The minimum atomic E-state index is -0.731. The number of amides is 3. The summed E-state index contributed by atoms with van der Waals surface area (Å²) in [5, 5.41) is 17.9. The van der Waals surface area contributed by atoms with E-state index in [0.717, 1.165) is 17.5 Å². The Morgan fingerprint density at radius 3 is 2.67 bits per heavy atom. The fraction of sp³-hybridized carbons (Fsp3) is 0.552. The standard InChI is InChI=1S/C29H38N6O4S/c1-5-13-32(4)26(37)23-22-17-19(3)29(40-22)24(23)27(38)34(15-9-10-16-36)25(29)28(39)33(14-6-2)18-35-21-12-8-7-11-20(21)30-31-35/h5-8,11-12,19,22-25,36H,1-2,9-10,13-18H2,3-4H3/t19?,22-,23+,24+,25?,29?/m1/s1. The van der Waals surface area contributed by atoms with Crippen LogP contribution < -0.4 is 0 Å². The molecule has 2 bridgehead atoms. The molecule has 214 valence electrons. The Balaban J connectivity index is 1.53. The second-order valence-corrected chi connectivity index (χ2v) is 12.6. The molecule has 40 heavy (non-hydrogen) atoms. The first-order valence-electron chi connectivity index (χ1n) is 13.9. The van der Waals surface area contributed by atoms with Crippen LogP contribution in [0.5, 0.6) is 0 Å². The molecule has 3 aliphatic rings. The van der Waals surface area contributed by atoms with Gasteiger partial charge in [0, 0.05) is 38.5 Å². The zero-order valence-electron chi connectivity index (χ0n) is 23.2. The molecule has 11 heteroatoms. The first kappa shape index (κ1) is 28.4. The van der Waals surface area contributed by atoms with Crippen LogP contribution in [0.25, 0.3) is 11.0 Å². The lowest BCUT2D eigenvalue weighted by atomic mass is 9.65. The van der Waals surface area contributed by atoms with Crippen molar-refractivity contribution in [3.8, 4) is 0 Å². The van der Waals surface area contributed by atoms with Gasteiger partial charge in [-0.25, -0.2) is 4.68 Å². The van der Waals surface area contributed by atoms with Gasteiger partial charge in [0.05, 0.1) is 22.1 Å². The molecule has 2 aromatic rings. The van der Waals surface area contributed by atoms with Crippen LogP contribution in [0.2, 0.25) is 0 Å². The summed E-state index contributed by atoms with van der Waals surface area (Å²) in [7, 11) is 1.74. The summed E-state index contributed by atoms with van der Waals surface area (Å²) in [5.74, 6) is -1.36. The Morgan fingerprint density at radius 1 is 1.20 bits per heavy atom. The number of rotatable bonds is 12. The van der Waals surface area contributed by atoms with Crippen molar-refractivity contribution in [1.82, 2.24) is 29.7 Å². The summed E-state index contributed by atoms with van der Waals surface area (Å²) in [4.78, 5) is 47.5. The van der Waals surface area contributed by atoms with E-state index in [-0.39, 0.29) is 48.7 Å². The molecular weight excluding hydrogens is 528 g/mol. The number of aromatic nitrogens is 3. The predicted molar refractivity (Wildman–Crippen MR) is 154 cm³/mol. The second kappa shape index (κ2) is 11.4.